The van der Waals surface area contributed by atoms with Gasteiger partial charge in [-0.2, -0.15) is 0 Å². The van der Waals surface area contributed by atoms with E-state index in [9.17, 15) is 4.79 Å². The molecule has 2 amide bonds. The van der Waals surface area contributed by atoms with E-state index in [-0.39, 0.29) is 12.0 Å². The number of nitrogens with one attached hydrogen (secondary N) is 1. The summed E-state index contributed by atoms with van der Waals surface area (Å²) in [6.07, 6.45) is 0. The van der Waals surface area contributed by atoms with E-state index in [1.807, 2.05) is 42.5 Å². The topological polar surface area (TPSA) is 96.7 Å². The van der Waals surface area contributed by atoms with Crippen LogP contribution < -0.4 is 21.7 Å². The molecule has 0 aliphatic rings. The Bertz CT molecular complexity index is 664. The van der Waals surface area contributed by atoms with E-state index in [2.05, 4.69) is 10.3 Å². The van der Waals surface area contributed by atoms with Crippen LogP contribution in [-0.4, -0.2) is 32.1 Å². The summed E-state index contributed by atoms with van der Waals surface area (Å²) in [7, 11) is 1.72. The van der Waals surface area contributed by atoms with Crippen LogP contribution in [0.4, 0.5) is 10.5 Å². The van der Waals surface area contributed by atoms with Crippen LogP contribution in [0.15, 0.2) is 47.5 Å². The number of carbonyl (C=O) groups excluding carboxylic acids is 1. The van der Waals surface area contributed by atoms with Crippen molar-refractivity contribution in [1.29, 1.82) is 0 Å². The largest absolute Gasteiger partial charge is 0.370 e. The number of amides is 2. The van der Waals surface area contributed by atoms with Crippen LogP contribution in [0.1, 0.15) is 0 Å². The van der Waals surface area contributed by atoms with Crippen LogP contribution >= 0.6 is 0 Å². The standard InChI is InChI=1S/C15H19N5O/c1-20(15(21)19-9-8-18-14(16)17)13-7-6-11-4-2-3-5-12(11)10-13/h2-7,10H,8-9H2,1H3,(H,19,21)(H4,16,17,18). The molecule has 0 unspecified atom stereocenters. The van der Waals surface area contributed by atoms with E-state index in [0.29, 0.717) is 13.1 Å². The van der Waals surface area contributed by atoms with Gasteiger partial charge in [-0.1, -0.05) is 30.3 Å². The number of hydrogen-bond donors (Lipinski definition) is 3. The number of urea groups is 1. The summed E-state index contributed by atoms with van der Waals surface area (Å²) in [5.74, 6) is 0.0205. The maximum Gasteiger partial charge on any atom is 0.321 e. The average molecular weight is 285 g/mol. The molecule has 0 radical (unpaired) electrons. The Hall–Kier alpha value is -2.76. The summed E-state index contributed by atoms with van der Waals surface area (Å²) >= 11 is 0. The molecule has 0 aromatic heterocycles. The molecule has 2 aromatic carbocycles. The Labute approximate surface area is 123 Å². The molecule has 0 saturated carbocycles. The summed E-state index contributed by atoms with van der Waals surface area (Å²) in [5.41, 5.74) is 11.3. The van der Waals surface area contributed by atoms with E-state index in [0.717, 1.165) is 16.5 Å². The SMILES string of the molecule is CN(C(=O)NCCN=C(N)N)c1ccc2ccccc2c1. The summed E-state index contributed by atoms with van der Waals surface area (Å²) in [4.78, 5) is 17.4. The van der Waals surface area contributed by atoms with Crippen molar-refractivity contribution in [3.05, 3.63) is 42.5 Å². The van der Waals surface area contributed by atoms with E-state index in [4.69, 9.17) is 11.5 Å². The fraction of sp³-hybridized carbons (Fsp3) is 0.200. The van der Waals surface area contributed by atoms with Crippen molar-refractivity contribution in [2.75, 3.05) is 25.0 Å². The Balaban J connectivity index is 2.01. The van der Waals surface area contributed by atoms with Gasteiger partial charge >= 0.3 is 6.03 Å². The van der Waals surface area contributed by atoms with Gasteiger partial charge in [-0.05, 0) is 22.9 Å². The predicted molar refractivity (Wildman–Crippen MR) is 86.4 cm³/mol. The second kappa shape index (κ2) is 6.60. The van der Waals surface area contributed by atoms with Crippen molar-refractivity contribution in [3.8, 4) is 0 Å². The van der Waals surface area contributed by atoms with Crippen LogP contribution in [0.3, 0.4) is 0 Å². The number of benzene rings is 2. The van der Waals surface area contributed by atoms with E-state index in [1.54, 1.807) is 11.9 Å². The van der Waals surface area contributed by atoms with Crippen molar-refractivity contribution in [1.82, 2.24) is 5.32 Å². The molecule has 2 aromatic rings. The van der Waals surface area contributed by atoms with Gasteiger partial charge in [-0.15, -0.1) is 0 Å². The summed E-state index contributed by atoms with van der Waals surface area (Å²) in [6.45, 7) is 0.744. The maximum atomic E-state index is 12.0. The van der Waals surface area contributed by atoms with Crippen LogP contribution in [0.25, 0.3) is 10.8 Å². The van der Waals surface area contributed by atoms with E-state index >= 15 is 0 Å². The molecule has 0 spiro atoms. The summed E-state index contributed by atoms with van der Waals surface area (Å²) in [5, 5.41) is 4.99. The van der Waals surface area contributed by atoms with E-state index < -0.39 is 0 Å². The van der Waals surface area contributed by atoms with Crippen molar-refractivity contribution in [2.24, 2.45) is 16.5 Å². The maximum absolute atomic E-state index is 12.0. The van der Waals surface area contributed by atoms with Crippen molar-refractivity contribution < 1.29 is 4.79 Å². The number of rotatable bonds is 4. The molecule has 2 rings (SSSR count). The van der Waals surface area contributed by atoms with Gasteiger partial charge in [0.25, 0.3) is 0 Å². The summed E-state index contributed by atoms with van der Waals surface area (Å²) in [6, 6.07) is 13.7. The minimum Gasteiger partial charge on any atom is -0.370 e. The highest BCUT2D eigenvalue weighted by molar-refractivity contribution is 5.95. The highest BCUT2D eigenvalue weighted by atomic mass is 16.2. The third-order valence-corrected chi connectivity index (χ3v) is 3.11. The minimum absolute atomic E-state index is 0.0205. The van der Waals surface area contributed by atoms with Crippen LogP contribution in [0.2, 0.25) is 0 Å². The molecule has 21 heavy (non-hydrogen) atoms. The number of carbonyl (C=O) groups is 1. The molecule has 0 heterocycles. The molecule has 0 fully saturated rings. The van der Waals surface area contributed by atoms with Crippen LogP contribution in [0, 0.1) is 0 Å². The van der Waals surface area contributed by atoms with Gasteiger partial charge < -0.3 is 16.8 Å². The average Bonchev–Trinajstić information content (AvgIpc) is 2.50. The first kappa shape index (κ1) is 14.6. The van der Waals surface area contributed by atoms with Gasteiger partial charge in [0.2, 0.25) is 0 Å². The Kier molecular flexibility index (Phi) is 4.61. The zero-order chi connectivity index (χ0) is 15.2. The molecule has 0 bridgehead atoms. The molecule has 0 aliphatic carbocycles. The molecule has 5 N–H and O–H groups in total. The Morgan fingerprint density at radius 3 is 2.62 bits per heavy atom. The normalized spacial score (nSPS) is 10.1. The zero-order valence-corrected chi connectivity index (χ0v) is 11.9. The lowest BCUT2D eigenvalue weighted by Crippen LogP contribution is -2.38. The number of anilines is 1. The third-order valence-electron chi connectivity index (χ3n) is 3.11. The smallest absolute Gasteiger partial charge is 0.321 e. The van der Waals surface area contributed by atoms with E-state index in [1.165, 1.54) is 0 Å². The Morgan fingerprint density at radius 1 is 1.19 bits per heavy atom. The molecule has 0 saturated heterocycles. The van der Waals surface area contributed by atoms with Crippen molar-refractivity contribution in [2.45, 2.75) is 0 Å². The Morgan fingerprint density at radius 2 is 1.90 bits per heavy atom. The predicted octanol–water partition coefficient (Wildman–Crippen LogP) is 1.26. The first-order chi connectivity index (χ1) is 10.1. The molecule has 110 valence electrons. The molecule has 0 atom stereocenters. The monoisotopic (exact) mass is 285 g/mol. The first-order valence-electron chi connectivity index (χ1n) is 6.63. The molecule has 0 aliphatic heterocycles. The molecule has 6 heteroatoms. The second-order valence-electron chi connectivity index (χ2n) is 4.63. The van der Waals surface area contributed by atoms with Crippen molar-refractivity contribution >= 4 is 28.5 Å². The van der Waals surface area contributed by atoms with Crippen LogP contribution in [-0.2, 0) is 0 Å². The van der Waals surface area contributed by atoms with Crippen molar-refractivity contribution in [3.63, 3.8) is 0 Å². The fourth-order valence-electron chi connectivity index (χ4n) is 1.97. The minimum atomic E-state index is -0.198. The number of guanidine groups is 1. The molecular weight excluding hydrogens is 266 g/mol. The highest BCUT2D eigenvalue weighted by Crippen LogP contribution is 2.21. The van der Waals surface area contributed by atoms with Gasteiger partial charge in [0, 0.05) is 19.3 Å². The second-order valence-corrected chi connectivity index (χ2v) is 4.63. The fourth-order valence-corrected chi connectivity index (χ4v) is 1.97. The zero-order valence-electron chi connectivity index (χ0n) is 11.9. The number of aliphatic imine (C=N–C) groups is 1. The van der Waals surface area contributed by atoms with Gasteiger partial charge in [0.05, 0.1) is 6.54 Å². The molecular formula is C15H19N5O. The molecule has 6 nitrogen and oxygen atoms in total. The van der Waals surface area contributed by atoms with Crippen LogP contribution in [0.5, 0.6) is 0 Å². The number of hydrogen-bond acceptors (Lipinski definition) is 2. The lowest BCUT2D eigenvalue weighted by Gasteiger charge is -2.18. The number of fused-ring (bicyclic) bond motifs is 1. The summed E-state index contributed by atoms with van der Waals surface area (Å²) < 4.78 is 0. The lowest BCUT2D eigenvalue weighted by molar-refractivity contribution is 0.248. The van der Waals surface area contributed by atoms with Gasteiger partial charge in [0.1, 0.15) is 0 Å². The third kappa shape index (κ3) is 3.85. The number of nitrogens with zero attached hydrogens (tertiary/aromatic N) is 2. The van der Waals surface area contributed by atoms with Gasteiger partial charge in [-0.25, -0.2) is 4.79 Å². The first-order valence-corrected chi connectivity index (χ1v) is 6.63. The number of nitrogens with two attached hydrogens (primary N) is 2. The quantitative estimate of drug-likeness (QED) is 0.448. The van der Waals surface area contributed by atoms with Gasteiger partial charge in [-0.3, -0.25) is 9.89 Å². The highest BCUT2D eigenvalue weighted by Gasteiger charge is 2.10. The van der Waals surface area contributed by atoms with Gasteiger partial charge in [0.15, 0.2) is 5.96 Å². The lowest BCUT2D eigenvalue weighted by atomic mass is 10.1.